The van der Waals surface area contributed by atoms with Crippen LogP contribution < -0.4 is 10.0 Å². The smallest absolute Gasteiger partial charge is 0.299 e. The number of nitrogens with zero attached hydrogens (tertiary/aromatic N) is 2. The molecule has 0 aliphatic rings. The molecule has 29 heavy (non-hydrogen) atoms. The summed E-state index contributed by atoms with van der Waals surface area (Å²) in [6.07, 6.45) is 6.78. The Balaban J connectivity index is 1.50. The molecule has 0 saturated carbocycles. The van der Waals surface area contributed by atoms with Gasteiger partial charge in [-0.2, -0.15) is 0 Å². The first kappa shape index (κ1) is 18.8. The molecule has 4 aromatic rings. The van der Waals surface area contributed by atoms with Gasteiger partial charge in [0.25, 0.3) is 6.01 Å². The van der Waals surface area contributed by atoms with Crippen LogP contribution in [0.5, 0.6) is 0 Å². The third-order valence-corrected chi connectivity index (χ3v) is 4.80. The summed E-state index contributed by atoms with van der Waals surface area (Å²) < 4.78 is 20.5. The van der Waals surface area contributed by atoms with Crippen molar-refractivity contribution in [2.24, 2.45) is 0 Å². The summed E-state index contributed by atoms with van der Waals surface area (Å²) >= 11 is 0. The van der Waals surface area contributed by atoms with Crippen LogP contribution in [0.2, 0.25) is 0 Å². The second-order valence-corrected chi connectivity index (χ2v) is 8.87. The van der Waals surface area contributed by atoms with Crippen LogP contribution in [-0.4, -0.2) is 26.3 Å². The van der Waals surface area contributed by atoms with Gasteiger partial charge in [-0.05, 0) is 47.3 Å². The lowest BCUT2D eigenvalue weighted by atomic mass is 10.0. The van der Waals surface area contributed by atoms with E-state index in [4.69, 9.17) is 4.42 Å². The van der Waals surface area contributed by atoms with Crippen molar-refractivity contribution in [1.82, 2.24) is 9.97 Å². The number of anilines is 3. The van der Waals surface area contributed by atoms with Gasteiger partial charge in [0.1, 0.15) is 0 Å². The van der Waals surface area contributed by atoms with Crippen LogP contribution >= 0.6 is 0 Å². The van der Waals surface area contributed by atoms with Gasteiger partial charge in [-0.1, -0.05) is 30.3 Å². The molecule has 2 aromatic heterocycles. The van der Waals surface area contributed by atoms with Crippen LogP contribution in [0.15, 0.2) is 83.7 Å². The van der Waals surface area contributed by atoms with Gasteiger partial charge < -0.3 is 14.5 Å². The van der Waals surface area contributed by atoms with E-state index in [2.05, 4.69) is 25.9 Å². The molecule has 0 aliphatic carbocycles. The molecular formula is C22H20N4O2S. The molecular weight excluding hydrogens is 384 g/mol. The average Bonchev–Trinajstić information content (AvgIpc) is 3.16. The first-order chi connectivity index (χ1) is 14.0. The van der Waals surface area contributed by atoms with Gasteiger partial charge in [0.15, 0.2) is 5.76 Å². The predicted octanol–water partition coefficient (Wildman–Crippen LogP) is 4.82. The summed E-state index contributed by atoms with van der Waals surface area (Å²) in [5.74, 6) is 4.27. The number of nitrogens with one attached hydrogen (secondary N) is 2. The standard InChI is InChI=1S/C22H20N4O2S/c1-29(2,27)26-20-5-3-4-19(14-20)25-22-24-15-21(28-22)18-8-6-16(7-9-18)17-10-12-23-13-11-17/h3-15H,1H2,2H3,(H,24,25)(H,26,27). The van der Waals surface area contributed by atoms with Crippen LogP contribution in [0.25, 0.3) is 22.5 Å². The minimum atomic E-state index is -2.34. The van der Waals surface area contributed by atoms with Gasteiger partial charge in [0.05, 0.1) is 6.20 Å². The quantitative estimate of drug-likeness (QED) is 0.450. The Kier molecular flexibility index (Phi) is 5.05. The molecule has 146 valence electrons. The van der Waals surface area contributed by atoms with Crippen molar-refractivity contribution in [1.29, 1.82) is 0 Å². The summed E-state index contributed by atoms with van der Waals surface area (Å²) in [4.78, 5) is 8.34. The summed E-state index contributed by atoms with van der Waals surface area (Å²) in [5, 5.41) is 3.12. The van der Waals surface area contributed by atoms with Crippen molar-refractivity contribution in [3.05, 3.63) is 79.3 Å². The molecule has 0 radical (unpaired) electrons. The fourth-order valence-electron chi connectivity index (χ4n) is 2.87. The van der Waals surface area contributed by atoms with E-state index < -0.39 is 9.71 Å². The topological polar surface area (TPSA) is 80.0 Å². The zero-order valence-corrected chi connectivity index (χ0v) is 16.6. The molecule has 0 saturated heterocycles. The second kappa shape index (κ2) is 7.81. The minimum Gasteiger partial charge on any atom is -0.423 e. The fourth-order valence-corrected chi connectivity index (χ4v) is 3.50. The van der Waals surface area contributed by atoms with E-state index in [9.17, 15) is 4.21 Å². The summed E-state index contributed by atoms with van der Waals surface area (Å²) in [5.41, 5.74) is 4.62. The molecule has 0 fully saturated rings. The van der Waals surface area contributed by atoms with Gasteiger partial charge >= 0.3 is 0 Å². The number of rotatable bonds is 6. The third-order valence-electron chi connectivity index (χ3n) is 4.14. The molecule has 6 nitrogen and oxygen atoms in total. The van der Waals surface area contributed by atoms with Gasteiger partial charge in [0.2, 0.25) is 0 Å². The van der Waals surface area contributed by atoms with Gasteiger partial charge in [-0.25, -0.2) is 9.19 Å². The first-order valence-corrected chi connectivity index (χ1v) is 11.0. The van der Waals surface area contributed by atoms with Crippen LogP contribution in [0.4, 0.5) is 17.4 Å². The monoisotopic (exact) mass is 404 g/mol. The Labute approximate surface area is 169 Å². The van der Waals surface area contributed by atoms with E-state index in [1.807, 2.05) is 60.7 Å². The second-order valence-electron chi connectivity index (χ2n) is 6.66. The summed E-state index contributed by atoms with van der Waals surface area (Å²) in [6.45, 7) is 0. The summed E-state index contributed by atoms with van der Waals surface area (Å²) in [7, 11) is -2.34. The molecule has 2 aromatic carbocycles. The maximum atomic E-state index is 11.8. The maximum absolute atomic E-state index is 11.8. The van der Waals surface area contributed by atoms with Crippen molar-refractivity contribution in [3.8, 4) is 22.5 Å². The van der Waals surface area contributed by atoms with Gasteiger partial charge in [0, 0.05) is 45.3 Å². The average molecular weight is 404 g/mol. The van der Waals surface area contributed by atoms with Crippen molar-refractivity contribution in [3.63, 3.8) is 0 Å². The lowest BCUT2D eigenvalue weighted by Gasteiger charge is -2.09. The number of hydrogen-bond acceptors (Lipinski definition) is 5. The first-order valence-electron chi connectivity index (χ1n) is 8.90. The highest BCUT2D eigenvalue weighted by Gasteiger charge is 2.08. The van der Waals surface area contributed by atoms with Crippen LogP contribution in [0, 0.1) is 0 Å². The molecule has 1 unspecified atom stereocenters. The Hall–Kier alpha value is -3.58. The minimum absolute atomic E-state index is 0.377. The number of hydrogen-bond donors (Lipinski definition) is 2. The molecule has 0 spiro atoms. The maximum Gasteiger partial charge on any atom is 0.299 e. The highest BCUT2D eigenvalue weighted by atomic mass is 32.2. The lowest BCUT2D eigenvalue weighted by molar-refractivity contribution is 0.592. The Morgan fingerprint density at radius 2 is 1.59 bits per heavy atom. The third kappa shape index (κ3) is 4.83. The Morgan fingerprint density at radius 3 is 2.31 bits per heavy atom. The molecule has 0 bridgehead atoms. The van der Waals surface area contributed by atoms with E-state index >= 15 is 0 Å². The highest BCUT2D eigenvalue weighted by molar-refractivity contribution is 8.00. The molecule has 2 heterocycles. The number of pyridine rings is 1. The lowest BCUT2D eigenvalue weighted by Crippen LogP contribution is -2.09. The van der Waals surface area contributed by atoms with E-state index in [1.165, 1.54) is 0 Å². The predicted molar refractivity (Wildman–Crippen MR) is 120 cm³/mol. The molecule has 1 atom stereocenters. The molecule has 2 N–H and O–H groups in total. The van der Waals surface area contributed by atoms with Crippen molar-refractivity contribution >= 4 is 33.0 Å². The van der Waals surface area contributed by atoms with Gasteiger partial charge in [-0.3, -0.25) is 4.98 Å². The molecule has 0 aliphatic heterocycles. The van der Waals surface area contributed by atoms with Crippen LogP contribution in [-0.2, 0) is 9.71 Å². The van der Waals surface area contributed by atoms with E-state index in [0.29, 0.717) is 17.5 Å². The Bertz CT molecular complexity index is 1220. The van der Waals surface area contributed by atoms with Gasteiger partial charge in [-0.15, -0.1) is 0 Å². The zero-order valence-electron chi connectivity index (χ0n) is 15.8. The fraction of sp³-hybridized carbons (Fsp3) is 0.0455. The molecule has 0 amide bonds. The van der Waals surface area contributed by atoms with Crippen molar-refractivity contribution < 1.29 is 8.63 Å². The highest BCUT2D eigenvalue weighted by Crippen LogP contribution is 2.28. The molecule has 4 rings (SSSR count). The SMILES string of the molecule is C=S(C)(=O)Nc1cccc(Nc2ncc(-c3ccc(-c4ccncc4)cc3)o2)c1. The number of oxazole rings is 1. The van der Waals surface area contributed by atoms with Crippen LogP contribution in [0.3, 0.4) is 0 Å². The van der Waals surface area contributed by atoms with E-state index in [-0.39, 0.29) is 0 Å². The van der Waals surface area contributed by atoms with Crippen molar-refractivity contribution in [2.45, 2.75) is 0 Å². The zero-order chi connectivity index (χ0) is 20.3. The summed E-state index contributed by atoms with van der Waals surface area (Å²) in [6, 6.07) is 19.8. The molecule has 7 heteroatoms. The normalized spacial score (nSPS) is 12.9. The van der Waals surface area contributed by atoms with Crippen LogP contribution in [0.1, 0.15) is 0 Å². The largest absolute Gasteiger partial charge is 0.423 e. The number of benzene rings is 2. The Morgan fingerprint density at radius 1 is 0.931 bits per heavy atom. The van der Waals surface area contributed by atoms with Crippen molar-refractivity contribution in [2.75, 3.05) is 16.3 Å². The van der Waals surface area contributed by atoms with E-state index in [1.54, 1.807) is 24.8 Å². The van der Waals surface area contributed by atoms with E-state index in [0.717, 1.165) is 22.4 Å². The number of aromatic nitrogens is 2.